The second kappa shape index (κ2) is 17.1. The number of nitriles is 1. The van der Waals surface area contributed by atoms with E-state index in [1.165, 1.54) is 36.8 Å². The first-order valence-electron chi connectivity index (χ1n) is 17.8. The van der Waals surface area contributed by atoms with Crippen LogP contribution >= 0.6 is 0 Å². The molecule has 0 radical (unpaired) electrons. The van der Waals surface area contributed by atoms with Crippen molar-refractivity contribution < 1.29 is 4.79 Å². The van der Waals surface area contributed by atoms with Gasteiger partial charge in [-0.1, -0.05) is 114 Å². The number of rotatable bonds is 17. The minimum atomic E-state index is -0.0801. The number of nitrogens with zero attached hydrogens (tertiary/aromatic N) is 3. The van der Waals surface area contributed by atoms with Crippen molar-refractivity contribution in [2.24, 2.45) is 0 Å². The number of aromatic nitrogens is 1. The quantitative estimate of drug-likeness (QED) is 0.118. The van der Waals surface area contributed by atoms with E-state index in [-0.39, 0.29) is 17.4 Å². The maximum Gasteiger partial charge on any atom is 0.254 e. The summed E-state index contributed by atoms with van der Waals surface area (Å²) in [4.78, 5) is 21.7. The van der Waals surface area contributed by atoms with Gasteiger partial charge in [0.15, 0.2) is 0 Å². The van der Waals surface area contributed by atoms with E-state index in [4.69, 9.17) is 4.98 Å². The van der Waals surface area contributed by atoms with Crippen LogP contribution in [-0.4, -0.2) is 34.9 Å². The summed E-state index contributed by atoms with van der Waals surface area (Å²) in [7, 11) is 0. The van der Waals surface area contributed by atoms with Crippen molar-refractivity contribution in [3.05, 3.63) is 95.1 Å². The molecule has 5 heteroatoms. The molecule has 248 valence electrons. The second-order valence-corrected chi connectivity index (χ2v) is 13.6. The molecular weight excluding hydrogens is 576 g/mol. The van der Waals surface area contributed by atoms with Gasteiger partial charge in [0, 0.05) is 29.9 Å². The average molecular weight is 631 g/mol. The fourth-order valence-corrected chi connectivity index (χ4v) is 6.66. The maximum atomic E-state index is 14.6. The number of unbranched alkanes of at least 4 members (excludes halogenated alkanes) is 4. The minimum Gasteiger partial charge on any atom is -0.369 e. The number of aryl methyl sites for hydroxylation is 1. The van der Waals surface area contributed by atoms with E-state index in [1.807, 2.05) is 36.4 Å². The normalized spacial score (nSPS) is 13.1. The Balaban J connectivity index is 1.73. The number of fused-ring (bicyclic) bond motifs is 1. The fourth-order valence-electron chi connectivity index (χ4n) is 6.66. The number of carbonyl (C=O) groups is 1. The van der Waals surface area contributed by atoms with Crippen molar-refractivity contribution in [2.45, 2.75) is 111 Å². The molecule has 0 aliphatic rings. The minimum absolute atomic E-state index is 0.0650. The van der Waals surface area contributed by atoms with Crippen molar-refractivity contribution in [1.29, 1.82) is 5.26 Å². The number of nitrogens with one attached hydrogen (secondary N) is 1. The summed E-state index contributed by atoms with van der Waals surface area (Å²) in [5.74, 6) is 0.792. The standard InChI is InChI=1S/C42H54N4O/c1-7-10-11-12-13-14-32(5)46(26-9-3)41(47)38-28-40(44-30-42(6,25-8-2)36-22-15-31(4)16-23-36)45-39-24-21-35(27-37(38)39)34-19-17-33(29-43)18-20-34/h15-24,27-28,32H,7-14,25-26,30H2,1-6H3,(H,44,45)/t32-,42?/m0/s1. The largest absolute Gasteiger partial charge is 0.369 e. The first kappa shape index (κ1) is 35.7. The van der Waals surface area contributed by atoms with Crippen LogP contribution in [0.5, 0.6) is 0 Å². The van der Waals surface area contributed by atoms with E-state index in [2.05, 4.69) is 94.2 Å². The molecule has 1 heterocycles. The van der Waals surface area contributed by atoms with E-state index in [0.717, 1.165) is 66.5 Å². The number of hydrogen-bond acceptors (Lipinski definition) is 4. The third kappa shape index (κ3) is 9.22. The zero-order valence-electron chi connectivity index (χ0n) is 29.5. The van der Waals surface area contributed by atoms with Crippen LogP contribution < -0.4 is 5.32 Å². The summed E-state index contributed by atoms with van der Waals surface area (Å²) in [5.41, 5.74) is 6.60. The Morgan fingerprint density at radius 2 is 1.60 bits per heavy atom. The van der Waals surface area contributed by atoms with E-state index in [1.54, 1.807) is 0 Å². The zero-order valence-corrected chi connectivity index (χ0v) is 29.5. The average Bonchev–Trinajstić information content (AvgIpc) is 3.09. The molecule has 4 aromatic rings. The van der Waals surface area contributed by atoms with E-state index < -0.39 is 0 Å². The second-order valence-electron chi connectivity index (χ2n) is 13.6. The highest BCUT2D eigenvalue weighted by molar-refractivity contribution is 6.08. The van der Waals surface area contributed by atoms with Crippen molar-refractivity contribution in [2.75, 3.05) is 18.4 Å². The topological polar surface area (TPSA) is 69.0 Å². The molecule has 0 aliphatic heterocycles. The predicted octanol–water partition coefficient (Wildman–Crippen LogP) is 10.9. The van der Waals surface area contributed by atoms with Gasteiger partial charge in [0.2, 0.25) is 0 Å². The highest BCUT2D eigenvalue weighted by Crippen LogP contribution is 2.32. The fraction of sp³-hybridized carbons (Fsp3) is 0.452. The van der Waals surface area contributed by atoms with E-state index in [0.29, 0.717) is 17.7 Å². The van der Waals surface area contributed by atoms with Gasteiger partial charge in [-0.3, -0.25) is 4.79 Å². The van der Waals surface area contributed by atoms with Crippen LogP contribution in [0.4, 0.5) is 5.82 Å². The Bertz CT molecular complexity index is 1640. The molecule has 1 N–H and O–H groups in total. The van der Waals surface area contributed by atoms with Gasteiger partial charge < -0.3 is 10.2 Å². The third-order valence-corrected chi connectivity index (χ3v) is 9.58. The van der Waals surface area contributed by atoms with Crippen molar-refractivity contribution >= 4 is 22.6 Å². The summed E-state index contributed by atoms with van der Waals surface area (Å²) in [6.45, 7) is 14.7. The predicted molar refractivity (Wildman–Crippen MR) is 198 cm³/mol. The van der Waals surface area contributed by atoms with Gasteiger partial charge in [0.1, 0.15) is 5.82 Å². The first-order valence-corrected chi connectivity index (χ1v) is 17.8. The number of carbonyl (C=O) groups excluding carboxylic acids is 1. The zero-order chi connectivity index (χ0) is 33.8. The molecule has 1 aromatic heterocycles. The van der Waals surface area contributed by atoms with Crippen LogP contribution in [0, 0.1) is 18.3 Å². The van der Waals surface area contributed by atoms with Crippen molar-refractivity contribution in [1.82, 2.24) is 9.88 Å². The summed E-state index contributed by atoms with van der Waals surface area (Å²) in [6.07, 6.45) is 10.1. The monoisotopic (exact) mass is 630 g/mol. The first-order chi connectivity index (χ1) is 22.7. The van der Waals surface area contributed by atoms with Gasteiger partial charge in [-0.05, 0) is 80.1 Å². The van der Waals surface area contributed by atoms with Gasteiger partial charge in [-0.25, -0.2) is 4.98 Å². The molecule has 0 fully saturated rings. The summed E-state index contributed by atoms with van der Waals surface area (Å²) < 4.78 is 0. The summed E-state index contributed by atoms with van der Waals surface area (Å²) >= 11 is 0. The highest BCUT2D eigenvalue weighted by Gasteiger charge is 2.27. The smallest absolute Gasteiger partial charge is 0.254 e. The molecule has 0 bridgehead atoms. The molecule has 5 nitrogen and oxygen atoms in total. The molecule has 1 amide bonds. The highest BCUT2D eigenvalue weighted by atomic mass is 16.2. The Morgan fingerprint density at radius 3 is 2.26 bits per heavy atom. The number of benzene rings is 3. The van der Waals surface area contributed by atoms with E-state index in [9.17, 15) is 10.1 Å². The Kier molecular flexibility index (Phi) is 13.0. The number of hydrogen-bond donors (Lipinski definition) is 1. The summed E-state index contributed by atoms with van der Waals surface area (Å²) in [6, 6.07) is 27.0. The lowest BCUT2D eigenvalue weighted by Crippen LogP contribution is -2.39. The molecule has 0 aliphatic carbocycles. The lowest BCUT2D eigenvalue weighted by Gasteiger charge is -2.31. The molecule has 2 atom stereocenters. The Labute approximate surface area is 283 Å². The molecule has 0 saturated heterocycles. The van der Waals surface area contributed by atoms with Crippen molar-refractivity contribution in [3.63, 3.8) is 0 Å². The summed E-state index contributed by atoms with van der Waals surface area (Å²) in [5, 5.41) is 13.8. The van der Waals surface area contributed by atoms with Crippen LogP contribution in [0.3, 0.4) is 0 Å². The Morgan fingerprint density at radius 1 is 0.894 bits per heavy atom. The molecule has 0 saturated carbocycles. The number of amides is 1. The van der Waals surface area contributed by atoms with Crippen LogP contribution in [0.1, 0.15) is 119 Å². The lowest BCUT2D eigenvalue weighted by atomic mass is 9.78. The lowest BCUT2D eigenvalue weighted by molar-refractivity contribution is 0.0683. The molecular formula is C42H54N4O. The maximum absolute atomic E-state index is 14.6. The number of pyridine rings is 1. The van der Waals surface area contributed by atoms with Gasteiger partial charge in [-0.15, -0.1) is 0 Å². The Hall–Kier alpha value is -4.17. The molecule has 3 aromatic carbocycles. The molecule has 1 unspecified atom stereocenters. The molecule has 0 spiro atoms. The third-order valence-electron chi connectivity index (χ3n) is 9.58. The molecule has 47 heavy (non-hydrogen) atoms. The number of anilines is 1. The van der Waals surface area contributed by atoms with Crippen molar-refractivity contribution in [3.8, 4) is 17.2 Å². The van der Waals surface area contributed by atoms with Crippen LogP contribution in [0.2, 0.25) is 0 Å². The molecule has 4 rings (SSSR count). The van der Waals surface area contributed by atoms with Gasteiger partial charge in [0.05, 0.1) is 22.7 Å². The van der Waals surface area contributed by atoms with Gasteiger partial charge in [0.25, 0.3) is 5.91 Å². The van der Waals surface area contributed by atoms with Crippen LogP contribution in [0.15, 0.2) is 72.8 Å². The van der Waals surface area contributed by atoms with Crippen LogP contribution in [-0.2, 0) is 5.41 Å². The van der Waals surface area contributed by atoms with E-state index >= 15 is 0 Å². The van der Waals surface area contributed by atoms with Crippen LogP contribution in [0.25, 0.3) is 22.0 Å². The van der Waals surface area contributed by atoms with Gasteiger partial charge in [-0.2, -0.15) is 5.26 Å². The van der Waals surface area contributed by atoms with Gasteiger partial charge >= 0.3 is 0 Å². The SMILES string of the molecule is CCCCCCC[C@H](C)N(CCC)C(=O)c1cc(NCC(C)(CCC)c2ccc(C)cc2)nc2ccc(-c3ccc(C#N)cc3)cc12.